The van der Waals surface area contributed by atoms with Crippen LogP contribution in [-0.4, -0.2) is 36.9 Å². The van der Waals surface area contributed by atoms with E-state index in [2.05, 4.69) is 10.3 Å². The minimum Gasteiger partial charge on any atom is -0.351 e. The lowest BCUT2D eigenvalue weighted by atomic mass is 10.2. The molecule has 3 aromatic rings. The number of aromatic amines is 1. The summed E-state index contributed by atoms with van der Waals surface area (Å²) in [6.45, 7) is 0. The van der Waals surface area contributed by atoms with Gasteiger partial charge in [-0.15, -0.1) is 0 Å². The highest BCUT2D eigenvalue weighted by Gasteiger charge is 2.29. The fourth-order valence-corrected chi connectivity index (χ4v) is 5.53. The molecule has 1 aromatic carbocycles. The van der Waals surface area contributed by atoms with Crippen molar-refractivity contribution in [2.75, 3.05) is 11.5 Å². The highest BCUT2D eigenvalue weighted by molar-refractivity contribution is 7.91. The number of rotatable bonds is 2. The van der Waals surface area contributed by atoms with Crippen molar-refractivity contribution >= 4 is 48.9 Å². The zero-order valence-corrected chi connectivity index (χ0v) is 14.2. The molecule has 4 rings (SSSR count). The minimum atomic E-state index is -3.06. The van der Waals surface area contributed by atoms with Crippen LogP contribution in [0.5, 0.6) is 0 Å². The third-order valence-electron chi connectivity index (χ3n) is 4.22. The fourth-order valence-electron chi connectivity index (χ4n) is 3.06. The van der Waals surface area contributed by atoms with Crippen molar-refractivity contribution in [3.63, 3.8) is 0 Å². The van der Waals surface area contributed by atoms with Gasteiger partial charge >= 0.3 is 0 Å². The molecule has 1 aliphatic heterocycles. The third kappa shape index (κ3) is 2.61. The Morgan fingerprint density at radius 3 is 2.79 bits per heavy atom. The Hall–Kier alpha value is -2.19. The van der Waals surface area contributed by atoms with Crippen LogP contribution in [0.3, 0.4) is 0 Å². The van der Waals surface area contributed by atoms with Crippen molar-refractivity contribution < 1.29 is 13.2 Å². The normalized spacial score (nSPS) is 19.8. The summed E-state index contributed by atoms with van der Waals surface area (Å²) in [5, 5.41) is 4.32. The van der Waals surface area contributed by atoms with Crippen LogP contribution in [0.15, 0.2) is 35.1 Å². The predicted molar refractivity (Wildman–Crippen MR) is 94.5 cm³/mol. The molecule has 0 radical (unpaired) electrons. The number of hydrogen-bond acceptors (Lipinski definition) is 5. The van der Waals surface area contributed by atoms with Gasteiger partial charge in [-0.25, -0.2) is 8.42 Å². The standard InChI is InChI=1S/C16H14N2O4S2/c19-15(17-9-5-6-24(21,22)8-9)13-7-11-10-3-1-2-4-12(10)18-14(11)16(20)23-13/h1-4,7,9,18H,5-6,8H2,(H,17,19). The molecule has 0 spiro atoms. The first-order valence-corrected chi connectivity index (χ1v) is 10.1. The number of carbonyl (C=O) groups is 1. The Morgan fingerprint density at radius 1 is 1.25 bits per heavy atom. The van der Waals surface area contributed by atoms with E-state index in [0.717, 1.165) is 22.2 Å². The lowest BCUT2D eigenvalue weighted by Crippen LogP contribution is -2.35. The maximum absolute atomic E-state index is 12.4. The highest BCUT2D eigenvalue weighted by atomic mass is 32.2. The van der Waals surface area contributed by atoms with E-state index in [4.69, 9.17) is 0 Å². The molecule has 1 saturated heterocycles. The molecule has 8 heteroatoms. The van der Waals surface area contributed by atoms with Gasteiger partial charge in [0.2, 0.25) is 0 Å². The first kappa shape index (κ1) is 15.3. The summed E-state index contributed by atoms with van der Waals surface area (Å²) in [5.74, 6) is -0.343. The molecule has 0 saturated carbocycles. The summed E-state index contributed by atoms with van der Waals surface area (Å²) in [4.78, 5) is 28.1. The average molecular weight is 362 g/mol. The summed E-state index contributed by atoms with van der Waals surface area (Å²) in [7, 11) is -3.06. The maximum Gasteiger partial charge on any atom is 0.261 e. The molecule has 0 aliphatic carbocycles. The number of hydrogen-bond donors (Lipinski definition) is 2. The molecule has 2 N–H and O–H groups in total. The average Bonchev–Trinajstić information content (AvgIpc) is 3.07. The van der Waals surface area contributed by atoms with Gasteiger partial charge < -0.3 is 10.3 Å². The van der Waals surface area contributed by atoms with Gasteiger partial charge in [-0.3, -0.25) is 9.59 Å². The summed E-state index contributed by atoms with van der Waals surface area (Å²) in [6, 6.07) is 8.83. The van der Waals surface area contributed by atoms with Gasteiger partial charge in [0.25, 0.3) is 10.6 Å². The van der Waals surface area contributed by atoms with Gasteiger partial charge in [0.15, 0.2) is 9.84 Å². The Balaban J connectivity index is 1.73. The largest absolute Gasteiger partial charge is 0.351 e. The zero-order valence-electron chi connectivity index (χ0n) is 12.5. The summed E-state index contributed by atoms with van der Waals surface area (Å²) < 4.78 is 22.8. The molecule has 3 heterocycles. The van der Waals surface area contributed by atoms with E-state index in [1.807, 2.05) is 24.3 Å². The molecule has 24 heavy (non-hydrogen) atoms. The lowest BCUT2D eigenvalue weighted by Gasteiger charge is -2.10. The molecule has 1 unspecified atom stereocenters. The van der Waals surface area contributed by atoms with Crippen LogP contribution in [0.2, 0.25) is 0 Å². The van der Waals surface area contributed by atoms with Gasteiger partial charge in [0, 0.05) is 22.3 Å². The predicted octanol–water partition coefficient (Wildman–Crippen LogP) is 1.66. The third-order valence-corrected chi connectivity index (χ3v) is 6.90. The van der Waals surface area contributed by atoms with E-state index in [1.165, 1.54) is 0 Å². The molecule has 1 atom stereocenters. The number of amides is 1. The van der Waals surface area contributed by atoms with E-state index < -0.39 is 15.7 Å². The monoisotopic (exact) mass is 362 g/mol. The van der Waals surface area contributed by atoms with Crippen LogP contribution in [0, 0.1) is 0 Å². The van der Waals surface area contributed by atoms with Crippen LogP contribution >= 0.6 is 11.3 Å². The van der Waals surface area contributed by atoms with Crippen molar-refractivity contribution in [1.29, 1.82) is 0 Å². The van der Waals surface area contributed by atoms with Crippen LogP contribution in [-0.2, 0) is 9.84 Å². The first-order valence-electron chi connectivity index (χ1n) is 7.49. The zero-order chi connectivity index (χ0) is 16.9. The Morgan fingerprint density at radius 2 is 2.04 bits per heavy atom. The second-order valence-electron chi connectivity index (χ2n) is 5.93. The Labute approximate surface area is 141 Å². The molecule has 1 fully saturated rings. The maximum atomic E-state index is 12.4. The lowest BCUT2D eigenvalue weighted by molar-refractivity contribution is 0.0945. The second kappa shape index (κ2) is 5.42. The van der Waals surface area contributed by atoms with Crippen LogP contribution in [0.25, 0.3) is 21.8 Å². The van der Waals surface area contributed by atoms with Crippen molar-refractivity contribution in [3.05, 3.63) is 44.7 Å². The van der Waals surface area contributed by atoms with Gasteiger partial charge in [-0.05, 0) is 18.6 Å². The smallest absolute Gasteiger partial charge is 0.261 e. The molecule has 1 aliphatic rings. The van der Waals surface area contributed by atoms with Crippen molar-refractivity contribution in [2.24, 2.45) is 0 Å². The van der Waals surface area contributed by atoms with Gasteiger partial charge in [0.05, 0.1) is 16.4 Å². The molecule has 124 valence electrons. The number of sulfone groups is 1. The van der Waals surface area contributed by atoms with Crippen LogP contribution in [0.4, 0.5) is 0 Å². The Bertz CT molecular complexity index is 1130. The van der Waals surface area contributed by atoms with Crippen molar-refractivity contribution in [1.82, 2.24) is 10.3 Å². The quantitative estimate of drug-likeness (QED) is 0.725. The summed E-state index contributed by atoms with van der Waals surface area (Å²) in [5.41, 5.74) is 1.33. The van der Waals surface area contributed by atoms with E-state index in [1.54, 1.807) is 6.07 Å². The molecule has 1 amide bonds. The minimum absolute atomic E-state index is 0.0387. The van der Waals surface area contributed by atoms with E-state index in [9.17, 15) is 18.0 Å². The van der Waals surface area contributed by atoms with E-state index >= 15 is 0 Å². The number of nitrogens with one attached hydrogen (secondary N) is 2. The highest BCUT2D eigenvalue weighted by Crippen LogP contribution is 2.25. The topological polar surface area (TPSA) is 96.1 Å². The summed E-state index contributed by atoms with van der Waals surface area (Å²) in [6.07, 6.45) is 0.415. The van der Waals surface area contributed by atoms with Crippen molar-refractivity contribution in [3.8, 4) is 0 Å². The van der Waals surface area contributed by atoms with E-state index in [0.29, 0.717) is 22.2 Å². The first-order chi connectivity index (χ1) is 11.4. The van der Waals surface area contributed by atoms with E-state index in [-0.39, 0.29) is 22.3 Å². The van der Waals surface area contributed by atoms with Crippen LogP contribution < -0.4 is 10.1 Å². The summed E-state index contributed by atoms with van der Waals surface area (Å²) >= 11 is 0.865. The second-order valence-corrected chi connectivity index (χ2v) is 9.17. The van der Waals surface area contributed by atoms with Gasteiger partial charge in [-0.1, -0.05) is 29.5 Å². The van der Waals surface area contributed by atoms with Crippen LogP contribution in [0.1, 0.15) is 16.1 Å². The number of carbonyl (C=O) groups excluding carboxylic acids is 1. The number of H-pyrrole nitrogens is 1. The fraction of sp³-hybridized carbons (Fsp3) is 0.250. The molecular weight excluding hydrogens is 348 g/mol. The molecule has 0 bridgehead atoms. The molecule has 2 aromatic heterocycles. The SMILES string of the molecule is O=C(NC1CCS(=O)(=O)C1)c1cc2c([nH]c3ccccc32)c(=O)s1. The Kier molecular flexibility index (Phi) is 3.47. The van der Waals surface area contributed by atoms with Gasteiger partial charge in [-0.2, -0.15) is 0 Å². The van der Waals surface area contributed by atoms with Gasteiger partial charge in [0.1, 0.15) is 5.52 Å². The number of para-hydroxylation sites is 1. The molecular formula is C16H14N2O4S2. The molecule has 6 nitrogen and oxygen atoms in total. The number of fused-ring (bicyclic) bond motifs is 3. The number of aromatic nitrogens is 1. The van der Waals surface area contributed by atoms with Crippen molar-refractivity contribution in [2.45, 2.75) is 12.5 Å². The number of benzene rings is 1.